The van der Waals surface area contributed by atoms with E-state index in [-0.39, 0.29) is 13.4 Å². The normalized spacial score (nSPS) is 11.6. The zero-order valence-electron chi connectivity index (χ0n) is 46.2. The van der Waals surface area contributed by atoms with E-state index in [1.165, 1.54) is 176 Å². The molecule has 0 aliphatic heterocycles. The van der Waals surface area contributed by atoms with Crippen LogP contribution in [0.5, 0.6) is 0 Å². The van der Waals surface area contributed by atoms with Crippen LogP contribution in [-0.4, -0.2) is 13.4 Å². The number of benzene rings is 11. The Balaban J connectivity index is 1.18. The number of fused-ring (bicyclic) bond motifs is 4. The van der Waals surface area contributed by atoms with E-state index in [9.17, 15) is 0 Å². The van der Waals surface area contributed by atoms with Crippen LogP contribution in [0.3, 0.4) is 0 Å². The van der Waals surface area contributed by atoms with E-state index in [4.69, 9.17) is 0 Å². The van der Waals surface area contributed by atoms with Crippen LogP contribution in [0.1, 0.15) is 77.9 Å². The molecular formula is C72H68B2. The molecule has 0 saturated heterocycles. The maximum Gasteiger partial charge on any atom is 0.244 e. The summed E-state index contributed by atoms with van der Waals surface area (Å²) >= 11 is 0. The van der Waals surface area contributed by atoms with Gasteiger partial charge in [0.2, 0.25) is 13.4 Å². The highest BCUT2D eigenvalue weighted by molar-refractivity contribution is 7.00. The molecule has 74 heavy (non-hydrogen) atoms. The lowest BCUT2D eigenvalue weighted by molar-refractivity contribution is 1.34. The molecule has 0 bridgehead atoms. The minimum Gasteiger partial charge on any atom is -0.0628 e. The Kier molecular flexibility index (Phi) is 12.4. The Labute approximate surface area is 441 Å². The third-order valence-electron chi connectivity index (χ3n) is 16.7. The summed E-state index contributed by atoms with van der Waals surface area (Å²) < 4.78 is 0. The molecule has 0 fully saturated rings. The predicted octanol–water partition coefficient (Wildman–Crippen LogP) is 15.0. The number of hydrogen-bond donors (Lipinski definition) is 0. The van der Waals surface area contributed by atoms with Crippen molar-refractivity contribution in [2.75, 3.05) is 0 Å². The highest BCUT2D eigenvalue weighted by Crippen LogP contribution is 2.43. The Bertz CT molecular complexity index is 3540. The van der Waals surface area contributed by atoms with Gasteiger partial charge in [-0.1, -0.05) is 257 Å². The van der Waals surface area contributed by atoms with Gasteiger partial charge in [-0.05, 0) is 173 Å². The summed E-state index contributed by atoms with van der Waals surface area (Å²) in [6, 6.07) is 61.2. The summed E-state index contributed by atoms with van der Waals surface area (Å²) in [6.07, 6.45) is 0. The third kappa shape index (κ3) is 8.01. The van der Waals surface area contributed by atoms with Crippen molar-refractivity contribution in [2.45, 2.75) is 96.9 Å². The minimum absolute atomic E-state index is 0.0343. The molecule has 2 heteroatoms. The second kappa shape index (κ2) is 18.8. The largest absolute Gasteiger partial charge is 0.244 e. The van der Waals surface area contributed by atoms with Gasteiger partial charge < -0.3 is 0 Å². The van der Waals surface area contributed by atoms with Crippen LogP contribution >= 0.6 is 0 Å². The minimum atomic E-state index is 0.0343. The zero-order chi connectivity index (χ0) is 52.0. The standard InChI is InChI=1S/C72H68B2/c1-41-31-47(7)67(48(8)32-41)73(68-49(9)33-42(2)34-50(68)10)71-59-27-19-15-23-55(59)65(56-24-16-20-28-60(56)71)63-39-46(6)64(40-45(63)5)66-57-25-17-21-29-61(57)72(62-30-22-18-26-58(62)66)74(69-51(11)35-43(3)36-52(69)12)70-53(13)37-44(4)38-54(70)14/h15-40H,1-14H3. The summed E-state index contributed by atoms with van der Waals surface area (Å²) in [4.78, 5) is 0. The first-order valence-corrected chi connectivity index (χ1v) is 26.8. The zero-order valence-corrected chi connectivity index (χ0v) is 46.2. The van der Waals surface area contributed by atoms with Crippen molar-refractivity contribution in [3.05, 3.63) is 236 Å². The summed E-state index contributed by atoms with van der Waals surface area (Å²) in [5.41, 5.74) is 32.1. The predicted molar refractivity (Wildman–Crippen MR) is 329 cm³/mol. The molecule has 0 nitrogen and oxygen atoms in total. The molecule has 0 spiro atoms. The molecule has 0 radical (unpaired) electrons. The van der Waals surface area contributed by atoms with E-state index in [1.807, 2.05) is 0 Å². The maximum atomic E-state index is 2.51. The Hall–Kier alpha value is -7.41. The summed E-state index contributed by atoms with van der Waals surface area (Å²) in [5.74, 6) is 0. The second-order valence-electron chi connectivity index (χ2n) is 22.4. The molecule has 11 aromatic carbocycles. The SMILES string of the molecule is Cc1cc(C)c(B(c2c(C)cc(C)cc2C)c2c3ccccc3c(-c3cc(C)c(-c4c5ccccc5c(B(c5c(C)cc(C)cc5C)c5c(C)cc(C)cc5C)c5ccccc45)cc3C)c3ccccc23)c(C)c1. The summed E-state index contributed by atoms with van der Waals surface area (Å²) in [6.45, 7) is 32.3. The molecule has 11 rings (SSSR count). The fourth-order valence-corrected chi connectivity index (χ4v) is 14.3. The number of aryl methyl sites for hydroxylation is 14. The molecule has 0 saturated carbocycles. The van der Waals surface area contributed by atoms with Gasteiger partial charge in [0.05, 0.1) is 0 Å². The first kappa shape index (κ1) is 48.8. The fourth-order valence-electron chi connectivity index (χ4n) is 14.3. The molecule has 11 aromatic rings. The molecule has 0 aliphatic rings. The molecule has 0 amide bonds. The molecule has 362 valence electrons. The van der Waals surface area contributed by atoms with Gasteiger partial charge in [-0.2, -0.15) is 0 Å². The Morgan fingerprint density at radius 3 is 0.595 bits per heavy atom. The van der Waals surface area contributed by atoms with Crippen LogP contribution in [0.25, 0.3) is 65.3 Å². The second-order valence-corrected chi connectivity index (χ2v) is 22.4. The highest BCUT2D eigenvalue weighted by atomic mass is 14.3. The van der Waals surface area contributed by atoms with Crippen molar-refractivity contribution in [1.29, 1.82) is 0 Å². The van der Waals surface area contributed by atoms with E-state index < -0.39 is 0 Å². The summed E-state index contributed by atoms with van der Waals surface area (Å²) in [5, 5.41) is 10.4. The van der Waals surface area contributed by atoms with Gasteiger partial charge in [-0.3, -0.25) is 0 Å². The monoisotopic (exact) mass is 955 g/mol. The van der Waals surface area contributed by atoms with Crippen LogP contribution in [0.15, 0.2) is 158 Å². The quantitative estimate of drug-likeness (QED) is 0.105. The average molecular weight is 955 g/mol. The van der Waals surface area contributed by atoms with E-state index in [0.717, 1.165) is 0 Å². The first-order chi connectivity index (χ1) is 35.5. The van der Waals surface area contributed by atoms with E-state index in [2.05, 4.69) is 255 Å². The van der Waals surface area contributed by atoms with E-state index in [1.54, 1.807) is 0 Å². The van der Waals surface area contributed by atoms with Gasteiger partial charge in [0.25, 0.3) is 0 Å². The molecule has 0 aliphatic carbocycles. The molecule has 0 aromatic heterocycles. The number of hydrogen-bond acceptors (Lipinski definition) is 0. The van der Waals surface area contributed by atoms with Gasteiger partial charge in [0.15, 0.2) is 0 Å². The fraction of sp³-hybridized carbons (Fsp3) is 0.194. The molecule has 0 atom stereocenters. The van der Waals surface area contributed by atoms with Crippen molar-refractivity contribution >= 4 is 89.3 Å². The van der Waals surface area contributed by atoms with Crippen LogP contribution in [-0.2, 0) is 0 Å². The lowest BCUT2D eigenvalue weighted by Gasteiger charge is -2.29. The number of rotatable bonds is 8. The summed E-state index contributed by atoms with van der Waals surface area (Å²) in [7, 11) is 0. The van der Waals surface area contributed by atoms with Gasteiger partial charge in [0, 0.05) is 0 Å². The van der Waals surface area contributed by atoms with Crippen LogP contribution < -0.4 is 32.8 Å². The van der Waals surface area contributed by atoms with Crippen molar-refractivity contribution in [3.8, 4) is 22.3 Å². The lowest BCUT2D eigenvalue weighted by atomic mass is 9.33. The topological polar surface area (TPSA) is 0 Å². The van der Waals surface area contributed by atoms with Gasteiger partial charge in [0.1, 0.15) is 0 Å². The molecular weight excluding hydrogens is 886 g/mol. The lowest BCUT2D eigenvalue weighted by Crippen LogP contribution is -2.56. The Morgan fingerprint density at radius 1 is 0.203 bits per heavy atom. The van der Waals surface area contributed by atoms with Crippen LogP contribution in [0.4, 0.5) is 0 Å². The van der Waals surface area contributed by atoms with E-state index in [0.29, 0.717) is 0 Å². The van der Waals surface area contributed by atoms with Crippen LogP contribution in [0, 0.1) is 96.9 Å². The smallest absolute Gasteiger partial charge is 0.0628 e. The molecule has 0 unspecified atom stereocenters. The van der Waals surface area contributed by atoms with E-state index >= 15 is 0 Å². The van der Waals surface area contributed by atoms with Gasteiger partial charge >= 0.3 is 0 Å². The maximum absolute atomic E-state index is 2.51. The first-order valence-electron chi connectivity index (χ1n) is 26.8. The van der Waals surface area contributed by atoms with Crippen molar-refractivity contribution in [1.82, 2.24) is 0 Å². The molecule has 0 N–H and O–H groups in total. The third-order valence-corrected chi connectivity index (χ3v) is 16.7. The highest BCUT2D eigenvalue weighted by Gasteiger charge is 2.35. The van der Waals surface area contributed by atoms with Crippen molar-refractivity contribution in [3.63, 3.8) is 0 Å². The Morgan fingerprint density at radius 2 is 0.392 bits per heavy atom. The van der Waals surface area contributed by atoms with Crippen molar-refractivity contribution < 1.29 is 0 Å². The average Bonchev–Trinajstić information content (AvgIpc) is 3.34. The van der Waals surface area contributed by atoms with Gasteiger partial charge in [-0.25, -0.2) is 0 Å². The molecule has 0 heterocycles. The van der Waals surface area contributed by atoms with Crippen molar-refractivity contribution in [2.24, 2.45) is 0 Å². The van der Waals surface area contributed by atoms with Gasteiger partial charge in [-0.15, -0.1) is 0 Å². The van der Waals surface area contributed by atoms with Crippen LogP contribution in [0.2, 0.25) is 0 Å².